The Bertz CT molecular complexity index is 749. The number of amidine groups is 1. The van der Waals surface area contributed by atoms with Gasteiger partial charge in [-0.15, -0.1) is 0 Å². The molecule has 1 aromatic rings. The Kier molecular flexibility index (Phi) is 5.88. The minimum atomic E-state index is -0.495. The lowest BCUT2D eigenvalue weighted by molar-refractivity contribution is -0.127. The Balaban J connectivity index is 1.79. The second-order valence-electron chi connectivity index (χ2n) is 6.21. The van der Waals surface area contributed by atoms with Crippen molar-refractivity contribution in [3.63, 3.8) is 0 Å². The molecule has 3 amide bonds. The van der Waals surface area contributed by atoms with Crippen molar-refractivity contribution in [2.24, 2.45) is 4.99 Å². The smallest absolute Gasteiger partial charge is 0.325 e. The highest BCUT2D eigenvalue weighted by atomic mass is 35.5. The van der Waals surface area contributed by atoms with Crippen LogP contribution < -0.4 is 5.32 Å². The van der Waals surface area contributed by atoms with E-state index in [9.17, 15) is 9.59 Å². The minimum absolute atomic E-state index is 0.297. The van der Waals surface area contributed by atoms with E-state index in [0.717, 1.165) is 16.6 Å². The van der Waals surface area contributed by atoms with E-state index in [4.69, 9.17) is 11.6 Å². The highest BCUT2D eigenvalue weighted by Crippen LogP contribution is 2.29. The molecule has 1 N–H and O–H groups in total. The van der Waals surface area contributed by atoms with Crippen LogP contribution in [-0.2, 0) is 11.2 Å². The minimum Gasteiger partial charge on any atom is -0.335 e. The van der Waals surface area contributed by atoms with E-state index in [1.165, 1.54) is 22.2 Å². The summed E-state index contributed by atoms with van der Waals surface area (Å²) in [5.74, 6) is 0.365. The van der Waals surface area contributed by atoms with Gasteiger partial charge >= 0.3 is 6.03 Å². The molecule has 0 bridgehead atoms. The molecule has 2 aliphatic rings. The third-order valence-corrected chi connectivity index (χ3v) is 5.47. The SMILES string of the molecule is C/C(Cl)=C\CSC1=NC2C(C(=O)NC(=O)N2C)N1CCc1ccccc1. The van der Waals surface area contributed by atoms with E-state index in [2.05, 4.69) is 22.4 Å². The van der Waals surface area contributed by atoms with Crippen molar-refractivity contribution in [2.75, 3.05) is 19.3 Å². The highest BCUT2D eigenvalue weighted by molar-refractivity contribution is 8.13. The van der Waals surface area contributed by atoms with Crippen molar-refractivity contribution in [1.29, 1.82) is 0 Å². The number of imide groups is 1. The summed E-state index contributed by atoms with van der Waals surface area (Å²) < 4.78 is 0. The lowest BCUT2D eigenvalue weighted by Gasteiger charge is -2.36. The molecule has 1 saturated heterocycles. The summed E-state index contributed by atoms with van der Waals surface area (Å²) in [5.41, 5.74) is 1.19. The molecule has 1 aromatic carbocycles. The predicted molar refractivity (Wildman–Crippen MR) is 105 cm³/mol. The molecule has 6 nitrogen and oxygen atoms in total. The second kappa shape index (κ2) is 8.14. The molecule has 0 spiro atoms. The van der Waals surface area contributed by atoms with Crippen LogP contribution in [0.15, 0.2) is 46.4 Å². The molecule has 3 rings (SSSR count). The summed E-state index contributed by atoms with van der Waals surface area (Å²) in [6.45, 7) is 2.47. The van der Waals surface area contributed by atoms with Crippen molar-refractivity contribution in [2.45, 2.75) is 25.6 Å². The molecule has 1 fully saturated rings. The highest BCUT2D eigenvalue weighted by Gasteiger charge is 2.48. The number of halogens is 1. The van der Waals surface area contributed by atoms with Gasteiger partial charge in [-0.1, -0.05) is 59.8 Å². The van der Waals surface area contributed by atoms with Crippen LogP contribution in [0, 0.1) is 0 Å². The van der Waals surface area contributed by atoms with E-state index in [-0.39, 0.29) is 5.91 Å². The topological polar surface area (TPSA) is 65.0 Å². The number of fused-ring (bicyclic) bond motifs is 1. The van der Waals surface area contributed by atoms with E-state index < -0.39 is 18.2 Å². The summed E-state index contributed by atoms with van der Waals surface area (Å²) in [6, 6.07) is 9.20. The number of amides is 3. The zero-order valence-corrected chi connectivity index (χ0v) is 16.3. The number of carbonyl (C=O) groups is 2. The Hall–Kier alpha value is -1.99. The van der Waals surface area contributed by atoms with Crippen LogP contribution in [0.3, 0.4) is 0 Å². The Labute approximate surface area is 162 Å². The Morgan fingerprint density at radius 3 is 2.77 bits per heavy atom. The molecule has 0 saturated carbocycles. The first-order valence-electron chi connectivity index (χ1n) is 8.38. The van der Waals surface area contributed by atoms with Crippen molar-refractivity contribution in [3.8, 4) is 0 Å². The number of nitrogens with one attached hydrogen (secondary N) is 1. The number of rotatable bonds is 5. The number of hydrogen-bond acceptors (Lipinski definition) is 5. The van der Waals surface area contributed by atoms with Crippen LogP contribution in [0.4, 0.5) is 4.79 Å². The van der Waals surface area contributed by atoms with Gasteiger partial charge < -0.3 is 9.80 Å². The van der Waals surface area contributed by atoms with Crippen molar-refractivity contribution < 1.29 is 9.59 Å². The van der Waals surface area contributed by atoms with Crippen molar-refractivity contribution in [3.05, 3.63) is 47.0 Å². The van der Waals surface area contributed by atoms with Crippen LogP contribution in [-0.4, -0.2) is 58.5 Å². The average molecular weight is 393 g/mol. The third kappa shape index (κ3) is 4.04. The van der Waals surface area contributed by atoms with E-state index >= 15 is 0 Å². The van der Waals surface area contributed by atoms with Gasteiger partial charge in [0.15, 0.2) is 17.4 Å². The fraction of sp³-hybridized carbons (Fsp3) is 0.389. The maximum absolute atomic E-state index is 12.5. The molecule has 2 atom stereocenters. The summed E-state index contributed by atoms with van der Waals surface area (Å²) in [7, 11) is 1.66. The lowest BCUT2D eigenvalue weighted by Crippen LogP contribution is -2.63. The van der Waals surface area contributed by atoms with Crippen LogP contribution in [0.25, 0.3) is 0 Å². The first-order valence-corrected chi connectivity index (χ1v) is 9.75. The summed E-state index contributed by atoms with van der Waals surface area (Å²) >= 11 is 7.43. The van der Waals surface area contributed by atoms with Gasteiger partial charge in [-0.05, 0) is 18.9 Å². The van der Waals surface area contributed by atoms with Crippen molar-refractivity contribution in [1.82, 2.24) is 15.1 Å². The molecular weight excluding hydrogens is 372 g/mol. The first-order chi connectivity index (χ1) is 12.5. The third-order valence-electron chi connectivity index (χ3n) is 4.38. The van der Waals surface area contributed by atoms with Gasteiger partial charge in [0.25, 0.3) is 5.91 Å². The summed E-state index contributed by atoms with van der Waals surface area (Å²) in [5, 5.41) is 3.90. The molecule has 8 heteroatoms. The Morgan fingerprint density at radius 1 is 1.35 bits per heavy atom. The molecule has 138 valence electrons. The zero-order valence-electron chi connectivity index (χ0n) is 14.7. The van der Waals surface area contributed by atoms with Crippen LogP contribution in [0.1, 0.15) is 12.5 Å². The molecular formula is C18H21ClN4O2S. The lowest BCUT2D eigenvalue weighted by atomic mass is 10.1. The molecule has 0 aliphatic carbocycles. The van der Waals surface area contributed by atoms with E-state index in [0.29, 0.717) is 12.3 Å². The number of nitrogens with zero attached hydrogens (tertiary/aromatic N) is 3. The first kappa shape index (κ1) is 18.8. The largest absolute Gasteiger partial charge is 0.335 e. The van der Waals surface area contributed by atoms with E-state index in [1.807, 2.05) is 36.1 Å². The van der Waals surface area contributed by atoms with Gasteiger partial charge in [0.2, 0.25) is 0 Å². The second-order valence-corrected chi connectivity index (χ2v) is 7.79. The number of benzene rings is 1. The average Bonchev–Trinajstić information content (AvgIpc) is 2.98. The zero-order chi connectivity index (χ0) is 18.7. The molecule has 2 aliphatic heterocycles. The van der Waals surface area contributed by atoms with Gasteiger partial charge in [-0.3, -0.25) is 10.1 Å². The molecule has 2 heterocycles. The standard InChI is InChI=1S/C18H21ClN4O2S/c1-12(19)9-11-26-18-20-15-14(16(24)21-17(25)22(15)2)23(18)10-8-13-6-4-3-5-7-13/h3-7,9,14-15H,8,10-11H2,1-2H3,(H,21,24,25)/b12-9+. The van der Waals surface area contributed by atoms with Gasteiger partial charge in [0, 0.05) is 24.4 Å². The van der Waals surface area contributed by atoms with Crippen LogP contribution in [0.2, 0.25) is 0 Å². The van der Waals surface area contributed by atoms with Gasteiger partial charge in [0.05, 0.1) is 0 Å². The number of urea groups is 1. The molecule has 0 aromatic heterocycles. The van der Waals surface area contributed by atoms with Gasteiger partial charge in [-0.25, -0.2) is 9.79 Å². The van der Waals surface area contributed by atoms with Gasteiger partial charge in [-0.2, -0.15) is 0 Å². The normalized spacial score (nSPS) is 23.0. The molecule has 0 radical (unpaired) electrons. The predicted octanol–water partition coefficient (Wildman–Crippen LogP) is 2.65. The number of thioether (sulfide) groups is 1. The molecule has 2 unspecified atom stereocenters. The summed E-state index contributed by atoms with van der Waals surface area (Å²) in [6.07, 6.45) is 2.20. The quantitative estimate of drug-likeness (QED) is 0.836. The fourth-order valence-corrected chi connectivity index (χ4v) is 4.19. The summed E-state index contributed by atoms with van der Waals surface area (Å²) in [4.78, 5) is 32.5. The van der Waals surface area contributed by atoms with Crippen molar-refractivity contribution >= 4 is 40.5 Å². The van der Waals surface area contributed by atoms with Gasteiger partial charge in [0.1, 0.15) is 0 Å². The monoisotopic (exact) mass is 392 g/mol. The number of allylic oxidation sites excluding steroid dienone is 1. The Morgan fingerprint density at radius 2 is 2.08 bits per heavy atom. The molecule has 26 heavy (non-hydrogen) atoms. The fourth-order valence-electron chi connectivity index (χ4n) is 2.98. The number of aliphatic imine (C=N–C) groups is 1. The van der Waals surface area contributed by atoms with E-state index in [1.54, 1.807) is 7.05 Å². The maximum atomic E-state index is 12.5. The number of hydrogen-bond donors (Lipinski definition) is 1. The number of likely N-dealkylation sites (N-methyl/N-ethyl adjacent to an activating group) is 1. The van der Waals surface area contributed by atoms with Crippen LogP contribution >= 0.6 is 23.4 Å². The number of carbonyl (C=O) groups excluding carboxylic acids is 2. The van der Waals surface area contributed by atoms with Crippen LogP contribution in [0.5, 0.6) is 0 Å². The maximum Gasteiger partial charge on any atom is 0.325 e.